The second-order valence-electron chi connectivity index (χ2n) is 10.0. The molecule has 32 heavy (non-hydrogen) atoms. The number of benzene rings is 1. The number of hydrogen-bond donors (Lipinski definition) is 1. The number of hydrogen-bond acceptors (Lipinski definition) is 3. The van der Waals surface area contributed by atoms with E-state index < -0.39 is 5.54 Å². The summed E-state index contributed by atoms with van der Waals surface area (Å²) in [6, 6.07) is 6.27. The van der Waals surface area contributed by atoms with Gasteiger partial charge in [0, 0.05) is 26.2 Å². The molecule has 1 atom stereocenters. The van der Waals surface area contributed by atoms with Crippen LogP contribution in [0.25, 0.3) is 0 Å². The van der Waals surface area contributed by atoms with Crippen LogP contribution in [0.5, 0.6) is 0 Å². The third-order valence-electron chi connectivity index (χ3n) is 7.84. The van der Waals surface area contributed by atoms with Crippen LogP contribution in [0, 0.1) is 11.7 Å². The predicted molar refractivity (Wildman–Crippen MR) is 123 cm³/mol. The average molecular weight is 444 g/mol. The summed E-state index contributed by atoms with van der Waals surface area (Å²) in [6.07, 6.45) is 10.2. The number of carbonyl (C=O) groups is 2. The summed E-state index contributed by atoms with van der Waals surface area (Å²) in [6.45, 7) is 5.06. The highest BCUT2D eigenvalue weighted by Crippen LogP contribution is 2.36. The third-order valence-corrected chi connectivity index (χ3v) is 7.84. The van der Waals surface area contributed by atoms with Crippen LogP contribution in [0.4, 0.5) is 4.39 Å². The van der Waals surface area contributed by atoms with Crippen molar-refractivity contribution in [2.75, 3.05) is 19.6 Å². The molecule has 4 rings (SSSR count). The molecule has 5 nitrogen and oxygen atoms in total. The summed E-state index contributed by atoms with van der Waals surface area (Å²) in [5.41, 5.74) is 0.358. The van der Waals surface area contributed by atoms with Crippen molar-refractivity contribution in [3.05, 3.63) is 35.6 Å². The molecule has 0 aromatic heterocycles. The Labute approximate surface area is 191 Å². The molecule has 1 N–H and O–H groups in total. The van der Waals surface area contributed by atoms with Crippen LogP contribution < -0.4 is 5.32 Å². The lowest BCUT2D eigenvalue weighted by molar-refractivity contribution is -0.162. The molecule has 3 aliphatic rings. The van der Waals surface area contributed by atoms with Crippen LogP contribution in [0.15, 0.2) is 24.3 Å². The number of amides is 2. The molecule has 0 unspecified atom stereocenters. The Hall–Kier alpha value is -1.95. The molecule has 2 amide bonds. The molecule has 2 aliphatic heterocycles. The largest absolute Gasteiger partial charge is 0.342 e. The summed E-state index contributed by atoms with van der Waals surface area (Å²) < 4.78 is 13.2. The van der Waals surface area contributed by atoms with Crippen molar-refractivity contribution >= 4 is 11.8 Å². The highest BCUT2D eigenvalue weighted by molar-refractivity contribution is 6.00. The summed E-state index contributed by atoms with van der Waals surface area (Å²) in [5, 5.41) is 3.16. The highest BCUT2D eigenvalue weighted by atomic mass is 19.1. The predicted octanol–water partition coefficient (Wildman–Crippen LogP) is 4.26. The maximum Gasteiger partial charge on any atom is 0.246 e. The van der Waals surface area contributed by atoms with Gasteiger partial charge in [-0.15, -0.1) is 0 Å². The van der Waals surface area contributed by atoms with Crippen LogP contribution in [0.2, 0.25) is 0 Å². The van der Waals surface area contributed by atoms with Gasteiger partial charge in [-0.25, -0.2) is 4.39 Å². The first-order valence-corrected chi connectivity index (χ1v) is 12.6. The molecule has 3 fully saturated rings. The number of rotatable bonds is 7. The Kier molecular flexibility index (Phi) is 7.49. The fraction of sp³-hybridized carbons (Fsp3) is 0.692. The Morgan fingerprint density at radius 2 is 1.75 bits per heavy atom. The zero-order chi connectivity index (χ0) is 22.6. The van der Waals surface area contributed by atoms with Crippen LogP contribution in [-0.2, 0) is 16.1 Å². The minimum atomic E-state index is -0.714. The molecule has 0 radical (unpaired) electrons. The summed E-state index contributed by atoms with van der Waals surface area (Å²) in [7, 11) is 0. The van der Waals surface area contributed by atoms with E-state index in [1.165, 1.54) is 44.2 Å². The van der Waals surface area contributed by atoms with Gasteiger partial charge in [0.25, 0.3) is 0 Å². The highest BCUT2D eigenvalue weighted by Gasteiger charge is 2.53. The molecule has 176 valence electrons. The first-order valence-electron chi connectivity index (χ1n) is 12.6. The summed E-state index contributed by atoms with van der Waals surface area (Å²) in [4.78, 5) is 31.3. The standard InChI is InChI=1S/C26H38FN3O2/c1-2-3-15-30-24(31)23(18-20-7-5-4-6-8-20)28-25(32)26(30)13-16-29(17-14-26)19-21-9-11-22(27)12-10-21/h9-12,20,23H,2-8,13-19H2,1H3,(H,28,32)/t23-/m0/s1. The number of carbonyl (C=O) groups excluding carboxylic acids is 2. The SMILES string of the molecule is CCCCN1C(=O)[C@H](CC2CCCCC2)NC(=O)C12CCN(Cc1ccc(F)cc1)CC2. The maximum absolute atomic E-state index is 13.6. The topological polar surface area (TPSA) is 52.7 Å². The molecular formula is C26H38FN3O2. The Morgan fingerprint density at radius 3 is 2.41 bits per heavy atom. The molecule has 2 heterocycles. The lowest BCUT2D eigenvalue weighted by atomic mass is 9.79. The number of nitrogens with one attached hydrogen (secondary N) is 1. The second kappa shape index (κ2) is 10.3. The van der Waals surface area contributed by atoms with Gasteiger partial charge in [0.05, 0.1) is 0 Å². The maximum atomic E-state index is 13.6. The molecule has 6 heteroatoms. The van der Waals surface area contributed by atoms with Crippen molar-refractivity contribution in [3.8, 4) is 0 Å². The smallest absolute Gasteiger partial charge is 0.246 e. The van der Waals surface area contributed by atoms with Gasteiger partial charge in [0.15, 0.2) is 0 Å². The van der Waals surface area contributed by atoms with Crippen LogP contribution in [0.1, 0.15) is 76.7 Å². The molecular weight excluding hydrogens is 405 g/mol. The van der Waals surface area contributed by atoms with E-state index in [1.807, 2.05) is 17.0 Å². The van der Waals surface area contributed by atoms with Crippen molar-refractivity contribution in [2.45, 2.75) is 89.3 Å². The van der Waals surface area contributed by atoms with E-state index >= 15 is 0 Å². The van der Waals surface area contributed by atoms with E-state index in [2.05, 4.69) is 17.1 Å². The molecule has 1 spiro atoms. The van der Waals surface area contributed by atoms with Gasteiger partial charge in [-0.2, -0.15) is 0 Å². The van der Waals surface area contributed by atoms with Gasteiger partial charge in [0.1, 0.15) is 17.4 Å². The first kappa shape index (κ1) is 23.2. The van der Waals surface area contributed by atoms with Crippen LogP contribution in [0.3, 0.4) is 0 Å². The fourth-order valence-corrected chi connectivity index (χ4v) is 5.86. The van der Waals surface area contributed by atoms with Gasteiger partial charge < -0.3 is 10.2 Å². The van der Waals surface area contributed by atoms with E-state index in [4.69, 9.17) is 0 Å². The molecule has 1 saturated carbocycles. The minimum absolute atomic E-state index is 0.0513. The minimum Gasteiger partial charge on any atom is -0.342 e. The summed E-state index contributed by atoms with van der Waals surface area (Å²) >= 11 is 0. The molecule has 1 aromatic rings. The Bertz CT molecular complexity index is 783. The fourth-order valence-electron chi connectivity index (χ4n) is 5.86. The van der Waals surface area contributed by atoms with E-state index in [0.717, 1.165) is 44.5 Å². The number of piperazine rings is 1. The van der Waals surface area contributed by atoms with Crippen molar-refractivity contribution in [1.29, 1.82) is 0 Å². The van der Waals surface area contributed by atoms with E-state index in [9.17, 15) is 14.0 Å². The molecule has 0 bridgehead atoms. The average Bonchev–Trinajstić information content (AvgIpc) is 2.81. The number of piperidine rings is 1. The monoisotopic (exact) mass is 443 g/mol. The Balaban J connectivity index is 1.44. The zero-order valence-corrected chi connectivity index (χ0v) is 19.5. The molecule has 1 aromatic carbocycles. The van der Waals surface area contributed by atoms with Gasteiger partial charge in [0.2, 0.25) is 11.8 Å². The third kappa shape index (κ3) is 5.00. The van der Waals surface area contributed by atoms with E-state index in [0.29, 0.717) is 25.3 Å². The van der Waals surface area contributed by atoms with Crippen LogP contribution in [-0.4, -0.2) is 52.8 Å². The molecule has 2 saturated heterocycles. The van der Waals surface area contributed by atoms with Crippen LogP contribution >= 0.6 is 0 Å². The second-order valence-corrected chi connectivity index (χ2v) is 10.0. The van der Waals surface area contributed by atoms with Gasteiger partial charge in [-0.3, -0.25) is 14.5 Å². The number of unbranched alkanes of at least 4 members (excludes halogenated alkanes) is 1. The van der Waals surface area contributed by atoms with Crippen molar-refractivity contribution < 1.29 is 14.0 Å². The molecule has 1 aliphatic carbocycles. The quantitative estimate of drug-likeness (QED) is 0.685. The Morgan fingerprint density at radius 1 is 1.06 bits per heavy atom. The van der Waals surface area contributed by atoms with Crippen molar-refractivity contribution in [2.24, 2.45) is 5.92 Å². The summed E-state index contributed by atoms with van der Waals surface area (Å²) in [5.74, 6) is 0.516. The van der Waals surface area contributed by atoms with Crippen molar-refractivity contribution in [1.82, 2.24) is 15.1 Å². The van der Waals surface area contributed by atoms with Crippen molar-refractivity contribution in [3.63, 3.8) is 0 Å². The zero-order valence-electron chi connectivity index (χ0n) is 19.5. The number of nitrogens with zero attached hydrogens (tertiary/aromatic N) is 2. The number of halogens is 1. The lowest BCUT2D eigenvalue weighted by Gasteiger charge is -2.52. The van der Waals surface area contributed by atoms with Gasteiger partial charge in [-0.05, 0) is 49.3 Å². The van der Waals surface area contributed by atoms with Gasteiger partial charge >= 0.3 is 0 Å². The van der Waals surface area contributed by atoms with Gasteiger partial charge in [-0.1, -0.05) is 57.6 Å². The number of likely N-dealkylation sites (tertiary alicyclic amines) is 1. The normalized spacial score (nSPS) is 24.7. The van der Waals surface area contributed by atoms with E-state index in [-0.39, 0.29) is 23.7 Å². The first-order chi connectivity index (χ1) is 15.5. The lowest BCUT2D eigenvalue weighted by Crippen LogP contribution is -2.73. The van der Waals surface area contributed by atoms with E-state index in [1.54, 1.807) is 0 Å².